The first-order chi connectivity index (χ1) is 18.5. The minimum atomic E-state index is -4.70. The highest BCUT2D eigenvalue weighted by Crippen LogP contribution is 2.56. The molecule has 1 unspecified atom stereocenters. The third kappa shape index (κ3) is 4.78. The Morgan fingerprint density at radius 2 is 1.67 bits per heavy atom. The van der Waals surface area contributed by atoms with Gasteiger partial charge in [-0.1, -0.05) is 11.6 Å². The van der Waals surface area contributed by atoms with E-state index in [1.165, 1.54) is 18.2 Å². The molecule has 3 fully saturated rings. The average Bonchev–Trinajstić information content (AvgIpc) is 3.46. The van der Waals surface area contributed by atoms with Crippen molar-refractivity contribution in [3.63, 3.8) is 0 Å². The Hall–Kier alpha value is -3.44. The molecule has 3 aliphatic rings. The first kappa shape index (κ1) is 25.8. The van der Waals surface area contributed by atoms with Gasteiger partial charge in [0.2, 0.25) is 11.7 Å². The first-order valence-corrected chi connectivity index (χ1v) is 13.1. The van der Waals surface area contributed by atoms with Crippen LogP contribution in [0.1, 0.15) is 39.4 Å². The number of carbonyl (C=O) groups excluding carboxylic acids is 2. The van der Waals surface area contributed by atoms with Gasteiger partial charge in [0.1, 0.15) is 5.82 Å². The van der Waals surface area contributed by atoms with Crippen molar-refractivity contribution in [1.82, 2.24) is 19.8 Å². The van der Waals surface area contributed by atoms with Crippen molar-refractivity contribution in [3.05, 3.63) is 64.4 Å². The number of aromatic nitrogens is 2. The molecule has 6 rings (SSSR count). The first-order valence-electron chi connectivity index (χ1n) is 12.8. The van der Waals surface area contributed by atoms with Crippen molar-refractivity contribution in [2.75, 3.05) is 44.2 Å². The molecule has 1 aromatic heterocycles. The molecule has 2 saturated heterocycles. The normalized spacial score (nSPS) is 23.5. The molecular weight excluding hydrogens is 533 g/mol. The van der Waals surface area contributed by atoms with Crippen molar-refractivity contribution >= 4 is 40.1 Å². The van der Waals surface area contributed by atoms with E-state index in [4.69, 9.17) is 17.3 Å². The largest absolute Gasteiger partial charge is 0.451 e. The summed E-state index contributed by atoms with van der Waals surface area (Å²) in [6, 6.07) is 11.4. The van der Waals surface area contributed by atoms with Crippen molar-refractivity contribution in [1.29, 1.82) is 0 Å². The minimum absolute atomic E-state index is 0.0182. The average molecular weight is 559 g/mol. The second-order valence-electron chi connectivity index (χ2n) is 10.6. The summed E-state index contributed by atoms with van der Waals surface area (Å²) in [6.45, 7) is 3.81. The molecule has 2 aliphatic heterocycles. The molecule has 8 nitrogen and oxygen atoms in total. The van der Waals surface area contributed by atoms with Gasteiger partial charge in [-0.25, -0.2) is 9.97 Å². The SMILES string of the molecule is NC(=O)c1ccc2nc(C(F)(F)F)nc(N3CCC4(C[C@H]4N4CCN(C(=O)c5ccc(Cl)cc5)CC4)C3)c2c1. The molecule has 3 aromatic rings. The van der Waals surface area contributed by atoms with Crippen LogP contribution < -0.4 is 10.6 Å². The van der Waals surface area contributed by atoms with Gasteiger partial charge < -0.3 is 15.5 Å². The molecule has 1 spiro atoms. The molecule has 2 aromatic carbocycles. The zero-order valence-corrected chi connectivity index (χ0v) is 21.7. The number of alkyl halides is 3. The maximum absolute atomic E-state index is 13.6. The maximum Gasteiger partial charge on any atom is 0.451 e. The van der Waals surface area contributed by atoms with Crippen LogP contribution in [0.5, 0.6) is 0 Å². The van der Waals surface area contributed by atoms with Crippen LogP contribution in [0.15, 0.2) is 42.5 Å². The van der Waals surface area contributed by atoms with Crippen molar-refractivity contribution < 1.29 is 22.8 Å². The quantitative estimate of drug-likeness (QED) is 0.523. The summed E-state index contributed by atoms with van der Waals surface area (Å²) in [7, 11) is 0. The summed E-state index contributed by atoms with van der Waals surface area (Å²) in [6.07, 6.45) is -2.94. The van der Waals surface area contributed by atoms with Gasteiger partial charge in [-0.2, -0.15) is 13.2 Å². The van der Waals surface area contributed by atoms with Gasteiger partial charge in [0, 0.05) is 72.3 Å². The number of primary amides is 1. The number of halogens is 4. The lowest BCUT2D eigenvalue weighted by Crippen LogP contribution is -2.50. The Bertz CT molecular complexity index is 1460. The Morgan fingerprint density at radius 1 is 0.974 bits per heavy atom. The number of amides is 2. The number of rotatable bonds is 4. The maximum atomic E-state index is 13.6. The third-order valence-electron chi connectivity index (χ3n) is 8.18. The Morgan fingerprint density at radius 3 is 2.33 bits per heavy atom. The molecule has 39 heavy (non-hydrogen) atoms. The number of hydrogen-bond donors (Lipinski definition) is 1. The predicted molar refractivity (Wildman–Crippen MR) is 140 cm³/mol. The number of hydrogen-bond acceptors (Lipinski definition) is 6. The van der Waals surface area contributed by atoms with Crippen molar-refractivity contribution in [2.45, 2.75) is 25.1 Å². The zero-order valence-electron chi connectivity index (χ0n) is 20.9. The van der Waals surface area contributed by atoms with Crippen LogP contribution in [0.25, 0.3) is 10.9 Å². The van der Waals surface area contributed by atoms with Crippen molar-refractivity contribution in [2.24, 2.45) is 11.1 Å². The van der Waals surface area contributed by atoms with Crippen LogP contribution in [0.2, 0.25) is 5.02 Å². The molecule has 1 aliphatic carbocycles. The van der Waals surface area contributed by atoms with E-state index >= 15 is 0 Å². The van der Waals surface area contributed by atoms with E-state index in [0.29, 0.717) is 48.2 Å². The van der Waals surface area contributed by atoms with E-state index in [9.17, 15) is 22.8 Å². The van der Waals surface area contributed by atoms with Crippen LogP contribution in [-0.2, 0) is 6.18 Å². The summed E-state index contributed by atoms with van der Waals surface area (Å²) in [4.78, 5) is 38.3. The van der Waals surface area contributed by atoms with Gasteiger partial charge in [0.25, 0.3) is 5.91 Å². The topological polar surface area (TPSA) is 95.7 Å². The van der Waals surface area contributed by atoms with Crippen LogP contribution in [0.4, 0.5) is 19.0 Å². The Labute approximate surface area is 227 Å². The van der Waals surface area contributed by atoms with Gasteiger partial charge >= 0.3 is 6.18 Å². The van der Waals surface area contributed by atoms with Crippen LogP contribution in [0, 0.1) is 5.41 Å². The number of carbonyl (C=O) groups is 2. The lowest BCUT2D eigenvalue weighted by atomic mass is 10.1. The molecule has 1 saturated carbocycles. The van der Waals surface area contributed by atoms with E-state index < -0.39 is 17.9 Å². The molecule has 0 radical (unpaired) electrons. The molecule has 12 heteroatoms. The number of piperazine rings is 1. The third-order valence-corrected chi connectivity index (χ3v) is 8.43. The smallest absolute Gasteiger partial charge is 0.366 e. The standard InChI is InChI=1S/C27H26ClF3N6O2/c28-18-4-1-16(2-5-18)24(39)36-11-9-35(10-12-36)21-14-26(21)7-8-37(15-26)23-19-13-17(22(32)38)3-6-20(19)33-25(34-23)27(29,30)31/h1-6,13,21H,7-12,14-15H2,(H2,32,38)/t21-,26?/m1/s1. The predicted octanol–water partition coefficient (Wildman–Crippen LogP) is 3.83. The molecule has 3 heterocycles. The van der Waals surface area contributed by atoms with E-state index in [2.05, 4.69) is 14.9 Å². The Balaban J connectivity index is 1.17. The lowest BCUT2D eigenvalue weighted by molar-refractivity contribution is -0.144. The molecule has 2 atom stereocenters. The Kier molecular flexibility index (Phi) is 6.18. The molecule has 2 amide bonds. The fourth-order valence-corrected chi connectivity index (χ4v) is 6.13. The zero-order chi connectivity index (χ0) is 27.5. The second-order valence-corrected chi connectivity index (χ2v) is 11.0. The van der Waals surface area contributed by atoms with Crippen LogP contribution in [0.3, 0.4) is 0 Å². The van der Waals surface area contributed by atoms with E-state index in [1.54, 1.807) is 24.3 Å². The van der Waals surface area contributed by atoms with E-state index in [0.717, 1.165) is 25.9 Å². The minimum Gasteiger partial charge on any atom is -0.366 e. The van der Waals surface area contributed by atoms with Gasteiger partial charge in [0.05, 0.1) is 5.52 Å². The summed E-state index contributed by atoms with van der Waals surface area (Å²) in [5.74, 6) is -1.71. The lowest BCUT2D eigenvalue weighted by Gasteiger charge is -2.36. The summed E-state index contributed by atoms with van der Waals surface area (Å²) in [5, 5.41) is 0.960. The number of fused-ring (bicyclic) bond motifs is 1. The fourth-order valence-electron chi connectivity index (χ4n) is 6.00. The van der Waals surface area contributed by atoms with Gasteiger partial charge in [-0.05, 0) is 55.3 Å². The highest BCUT2D eigenvalue weighted by Gasteiger charge is 2.60. The fraction of sp³-hybridized carbons (Fsp3) is 0.407. The molecular formula is C27H26ClF3N6O2. The molecule has 204 valence electrons. The number of benzene rings is 2. The summed E-state index contributed by atoms with van der Waals surface area (Å²) in [5.41, 5.74) is 6.29. The monoisotopic (exact) mass is 558 g/mol. The van der Waals surface area contributed by atoms with Crippen LogP contribution >= 0.6 is 11.6 Å². The van der Waals surface area contributed by atoms with Gasteiger partial charge in [-0.3, -0.25) is 14.5 Å². The summed E-state index contributed by atoms with van der Waals surface area (Å²) < 4.78 is 40.8. The highest BCUT2D eigenvalue weighted by molar-refractivity contribution is 6.30. The van der Waals surface area contributed by atoms with E-state index in [-0.39, 0.29) is 28.2 Å². The number of nitrogens with two attached hydrogens (primary N) is 1. The molecule has 2 N–H and O–H groups in total. The summed E-state index contributed by atoms with van der Waals surface area (Å²) >= 11 is 5.94. The second kappa shape index (κ2) is 9.34. The number of anilines is 1. The van der Waals surface area contributed by atoms with Crippen molar-refractivity contribution in [3.8, 4) is 0 Å². The van der Waals surface area contributed by atoms with E-state index in [1.807, 2.05) is 9.80 Å². The van der Waals surface area contributed by atoms with Gasteiger partial charge in [0.15, 0.2) is 0 Å². The van der Waals surface area contributed by atoms with Gasteiger partial charge in [-0.15, -0.1) is 0 Å². The number of nitrogens with zero attached hydrogens (tertiary/aromatic N) is 5. The van der Waals surface area contributed by atoms with Crippen LogP contribution in [-0.4, -0.2) is 76.9 Å². The molecule has 0 bridgehead atoms. The highest BCUT2D eigenvalue weighted by atomic mass is 35.5.